The Morgan fingerprint density at radius 2 is 1.69 bits per heavy atom. The summed E-state index contributed by atoms with van der Waals surface area (Å²) in [5.74, 6) is -0.577. The predicted octanol–water partition coefficient (Wildman–Crippen LogP) is 4.65. The number of furan rings is 1. The summed E-state index contributed by atoms with van der Waals surface area (Å²) in [5, 5.41) is 14.6. The molecule has 1 heterocycles. The van der Waals surface area contributed by atoms with Crippen LogP contribution >= 0.6 is 7.75 Å². The Morgan fingerprint density at radius 1 is 0.974 bits per heavy atom. The summed E-state index contributed by atoms with van der Waals surface area (Å²) in [6.07, 6.45) is 2.14. The molecule has 0 aliphatic heterocycles. The second-order valence-corrected chi connectivity index (χ2v) is 11.0. The van der Waals surface area contributed by atoms with Gasteiger partial charge in [-0.25, -0.2) is 14.4 Å². The molecule has 3 rings (SSSR count). The summed E-state index contributed by atoms with van der Waals surface area (Å²) in [5.41, 5.74) is 1.53. The molecule has 0 aliphatic rings. The fraction of sp³-hybridized carbons (Fsp3) is 0.357. The maximum Gasteiger partial charge on any atom is 0.403 e. The minimum Gasteiger partial charge on any atom is -0.494 e. The summed E-state index contributed by atoms with van der Waals surface area (Å²) in [6, 6.07) is 17.5. The van der Waals surface area contributed by atoms with Gasteiger partial charge in [0.2, 0.25) is 5.91 Å². The van der Waals surface area contributed by atoms with Crippen molar-refractivity contribution in [1.29, 1.82) is 0 Å². The molecule has 210 valence electrons. The molecule has 0 aliphatic carbocycles. The van der Waals surface area contributed by atoms with Crippen molar-refractivity contribution in [3.8, 4) is 17.1 Å². The fourth-order valence-corrected chi connectivity index (χ4v) is 4.90. The zero-order valence-corrected chi connectivity index (χ0v) is 22.9. The van der Waals surface area contributed by atoms with Gasteiger partial charge in [0.05, 0.1) is 25.5 Å². The minimum absolute atomic E-state index is 0.0232. The molecule has 3 atom stereocenters. The van der Waals surface area contributed by atoms with E-state index in [0.29, 0.717) is 23.5 Å². The number of para-hydroxylation sites is 1. The SMILES string of the molecule is CC(C)CC(NP(=O)(O)OCCCOc1ccccc1)C(=O)NC(Cc1ccc(-c2ccco2)cc1)C(=O)O. The Balaban J connectivity index is 1.55. The highest BCUT2D eigenvalue weighted by Crippen LogP contribution is 2.38. The number of carbonyl (C=O) groups excluding carboxylic acids is 1. The maximum absolute atomic E-state index is 13.0. The highest BCUT2D eigenvalue weighted by atomic mass is 31.2. The molecular formula is C28H35N2O8P. The van der Waals surface area contributed by atoms with Crippen molar-refractivity contribution in [3.05, 3.63) is 78.6 Å². The number of nitrogens with one attached hydrogen (secondary N) is 2. The number of aliphatic carboxylic acids is 1. The largest absolute Gasteiger partial charge is 0.494 e. The summed E-state index contributed by atoms with van der Waals surface area (Å²) in [7, 11) is -4.36. The minimum atomic E-state index is -4.36. The molecule has 1 aromatic heterocycles. The standard InChI is InChI=1S/C28H35N2O8P/c1-20(2)18-24(30-39(34,35)38-17-7-16-36-23-8-4-3-5-9-23)27(31)29-25(28(32)33)19-21-11-13-22(14-12-21)26-10-6-15-37-26/h3-6,8-15,20,24-25H,7,16-19H2,1-2H3,(H,29,31)(H,32,33)(H2,30,34,35). The summed E-state index contributed by atoms with van der Waals surface area (Å²) in [6.45, 7) is 3.90. The molecule has 39 heavy (non-hydrogen) atoms. The molecule has 0 spiro atoms. The van der Waals surface area contributed by atoms with Crippen LogP contribution in [0.3, 0.4) is 0 Å². The van der Waals surface area contributed by atoms with Gasteiger partial charge in [-0.05, 0) is 42.2 Å². The van der Waals surface area contributed by atoms with Crippen molar-refractivity contribution in [3.63, 3.8) is 0 Å². The number of ether oxygens (including phenoxy) is 1. The van der Waals surface area contributed by atoms with E-state index >= 15 is 0 Å². The first kappa shape index (κ1) is 30.1. The summed E-state index contributed by atoms with van der Waals surface area (Å²) in [4.78, 5) is 35.3. The van der Waals surface area contributed by atoms with E-state index in [1.807, 2.05) is 50.2 Å². The number of carboxylic acid groups (broad SMARTS) is 1. The topological polar surface area (TPSA) is 147 Å². The van der Waals surface area contributed by atoms with Crippen LogP contribution in [-0.2, 0) is 25.1 Å². The van der Waals surface area contributed by atoms with Gasteiger partial charge in [-0.2, -0.15) is 0 Å². The first-order chi connectivity index (χ1) is 18.6. The third-order valence-corrected chi connectivity index (χ3v) is 6.89. The van der Waals surface area contributed by atoms with E-state index in [4.69, 9.17) is 13.7 Å². The maximum atomic E-state index is 13.0. The van der Waals surface area contributed by atoms with E-state index in [9.17, 15) is 24.2 Å². The van der Waals surface area contributed by atoms with Gasteiger partial charge >= 0.3 is 13.7 Å². The average molecular weight is 559 g/mol. The van der Waals surface area contributed by atoms with Gasteiger partial charge in [-0.1, -0.05) is 56.3 Å². The Bertz CT molecular complexity index is 1220. The van der Waals surface area contributed by atoms with Gasteiger partial charge in [0.1, 0.15) is 17.6 Å². The van der Waals surface area contributed by atoms with Crippen molar-refractivity contribution in [1.82, 2.24) is 10.4 Å². The van der Waals surface area contributed by atoms with E-state index in [2.05, 4.69) is 10.4 Å². The lowest BCUT2D eigenvalue weighted by Crippen LogP contribution is -2.50. The molecule has 0 fully saturated rings. The van der Waals surface area contributed by atoms with Crippen molar-refractivity contribution in [2.75, 3.05) is 13.2 Å². The second-order valence-electron chi connectivity index (χ2n) is 9.46. The number of carboxylic acids is 1. The van der Waals surface area contributed by atoms with Crippen LogP contribution in [0.1, 0.15) is 32.3 Å². The lowest BCUT2D eigenvalue weighted by atomic mass is 10.0. The predicted molar refractivity (Wildman–Crippen MR) is 146 cm³/mol. The Labute approximate surface area is 227 Å². The van der Waals surface area contributed by atoms with Crippen molar-refractivity contribution < 1.29 is 37.8 Å². The zero-order valence-electron chi connectivity index (χ0n) is 22.0. The molecular weight excluding hydrogens is 523 g/mol. The van der Waals surface area contributed by atoms with Crippen LogP contribution in [0.4, 0.5) is 0 Å². The number of rotatable bonds is 16. The van der Waals surface area contributed by atoms with E-state index in [-0.39, 0.29) is 32.0 Å². The quantitative estimate of drug-likeness (QED) is 0.146. The van der Waals surface area contributed by atoms with Crippen LogP contribution in [0.25, 0.3) is 11.3 Å². The van der Waals surface area contributed by atoms with Crippen molar-refractivity contribution >= 4 is 19.6 Å². The molecule has 4 N–H and O–H groups in total. The molecule has 10 nitrogen and oxygen atoms in total. The number of carbonyl (C=O) groups is 2. The lowest BCUT2D eigenvalue weighted by molar-refractivity contribution is -0.142. The van der Waals surface area contributed by atoms with Gasteiger partial charge in [0, 0.05) is 18.4 Å². The van der Waals surface area contributed by atoms with Crippen molar-refractivity contribution in [2.24, 2.45) is 5.92 Å². The van der Waals surface area contributed by atoms with Gasteiger partial charge < -0.3 is 24.5 Å². The molecule has 11 heteroatoms. The molecule has 0 saturated heterocycles. The van der Waals surface area contributed by atoms with Crippen LogP contribution in [0.2, 0.25) is 0 Å². The number of amides is 1. The van der Waals surface area contributed by atoms with Crippen LogP contribution in [0.5, 0.6) is 5.75 Å². The van der Waals surface area contributed by atoms with E-state index < -0.39 is 31.7 Å². The highest BCUT2D eigenvalue weighted by molar-refractivity contribution is 7.50. The van der Waals surface area contributed by atoms with Crippen LogP contribution < -0.4 is 15.1 Å². The van der Waals surface area contributed by atoms with Crippen LogP contribution in [0.15, 0.2) is 77.4 Å². The molecule has 3 aromatic rings. The first-order valence-electron chi connectivity index (χ1n) is 12.7. The van der Waals surface area contributed by atoms with Crippen molar-refractivity contribution in [2.45, 2.75) is 45.2 Å². The third-order valence-electron chi connectivity index (χ3n) is 5.72. The Kier molecular flexibility index (Phi) is 11.3. The second kappa shape index (κ2) is 14.6. The molecule has 2 aromatic carbocycles. The van der Waals surface area contributed by atoms with Crippen LogP contribution in [-0.4, -0.2) is 47.2 Å². The molecule has 0 saturated carbocycles. The van der Waals surface area contributed by atoms with Gasteiger partial charge in [-0.15, -0.1) is 0 Å². The lowest BCUT2D eigenvalue weighted by Gasteiger charge is -2.24. The summed E-state index contributed by atoms with van der Waals surface area (Å²) >= 11 is 0. The van der Waals surface area contributed by atoms with Gasteiger partial charge in [0.25, 0.3) is 0 Å². The van der Waals surface area contributed by atoms with E-state index in [1.165, 1.54) is 0 Å². The first-order valence-corrected chi connectivity index (χ1v) is 14.3. The monoisotopic (exact) mass is 558 g/mol. The molecule has 0 radical (unpaired) electrons. The summed E-state index contributed by atoms with van der Waals surface area (Å²) < 4.78 is 28.7. The molecule has 1 amide bonds. The number of hydrogen-bond donors (Lipinski definition) is 4. The normalized spacial score (nSPS) is 14.4. The number of benzene rings is 2. The van der Waals surface area contributed by atoms with Crippen LogP contribution in [0, 0.1) is 5.92 Å². The number of hydrogen-bond acceptors (Lipinski definition) is 6. The molecule has 0 bridgehead atoms. The fourth-order valence-electron chi connectivity index (χ4n) is 3.83. The average Bonchev–Trinajstić information content (AvgIpc) is 3.43. The molecule has 3 unspecified atom stereocenters. The van der Waals surface area contributed by atoms with Gasteiger partial charge in [0.15, 0.2) is 0 Å². The highest BCUT2D eigenvalue weighted by Gasteiger charge is 2.32. The smallest absolute Gasteiger partial charge is 0.403 e. The van der Waals surface area contributed by atoms with E-state index in [0.717, 1.165) is 5.56 Å². The third kappa shape index (κ3) is 10.3. The van der Waals surface area contributed by atoms with Gasteiger partial charge in [-0.3, -0.25) is 9.32 Å². The Morgan fingerprint density at radius 3 is 2.31 bits per heavy atom. The zero-order chi connectivity index (χ0) is 28.3. The van der Waals surface area contributed by atoms with E-state index in [1.54, 1.807) is 36.6 Å². The Hall–Kier alpha value is -3.43.